The first-order valence-electron chi connectivity index (χ1n) is 6.38. The molecule has 4 nitrogen and oxygen atoms in total. The molecule has 0 heterocycles. The van der Waals surface area contributed by atoms with Gasteiger partial charge < -0.3 is 15.4 Å². The zero-order valence-electron chi connectivity index (χ0n) is 11.4. The monoisotopic (exact) mass is 310 g/mol. The molecule has 0 atom stereocenters. The van der Waals surface area contributed by atoms with Crippen LogP contribution in [0.4, 0.5) is 23.7 Å². The van der Waals surface area contributed by atoms with Crippen LogP contribution in [0.3, 0.4) is 0 Å². The summed E-state index contributed by atoms with van der Waals surface area (Å²) in [6.07, 6.45) is 0. The van der Waals surface area contributed by atoms with Crippen LogP contribution < -0.4 is 15.4 Å². The molecule has 0 radical (unpaired) electrons. The molecule has 2 rings (SSSR count). The van der Waals surface area contributed by atoms with Crippen LogP contribution in [-0.2, 0) is 6.54 Å². The maximum atomic E-state index is 12.7. The Morgan fingerprint density at radius 3 is 2.45 bits per heavy atom. The molecule has 0 aliphatic carbocycles. The maximum Gasteiger partial charge on any atom is 0.387 e. The molecule has 0 bridgehead atoms. The SMILES string of the molecule is O=C(NCc1ccccc1OC(F)F)Nc1ccc(F)cc1. The minimum atomic E-state index is -2.94. The van der Waals surface area contributed by atoms with Crippen molar-refractivity contribution in [1.82, 2.24) is 5.32 Å². The van der Waals surface area contributed by atoms with E-state index < -0.39 is 18.5 Å². The van der Waals surface area contributed by atoms with Crippen LogP contribution >= 0.6 is 0 Å². The van der Waals surface area contributed by atoms with Gasteiger partial charge >= 0.3 is 12.6 Å². The van der Waals surface area contributed by atoms with E-state index in [4.69, 9.17) is 0 Å². The molecule has 2 N–H and O–H groups in total. The summed E-state index contributed by atoms with van der Waals surface area (Å²) in [7, 11) is 0. The number of hydrogen-bond acceptors (Lipinski definition) is 2. The summed E-state index contributed by atoms with van der Waals surface area (Å²) in [6.45, 7) is -2.93. The largest absolute Gasteiger partial charge is 0.434 e. The Hall–Kier alpha value is -2.70. The van der Waals surface area contributed by atoms with Gasteiger partial charge in [0, 0.05) is 17.8 Å². The molecular weight excluding hydrogens is 297 g/mol. The molecule has 2 amide bonds. The van der Waals surface area contributed by atoms with Gasteiger partial charge in [-0.3, -0.25) is 0 Å². The smallest absolute Gasteiger partial charge is 0.387 e. The Morgan fingerprint density at radius 2 is 1.77 bits per heavy atom. The number of ether oxygens (including phenoxy) is 1. The summed E-state index contributed by atoms with van der Waals surface area (Å²) in [5.41, 5.74) is 0.827. The molecule has 116 valence electrons. The number of nitrogens with one attached hydrogen (secondary N) is 2. The molecule has 2 aromatic rings. The number of hydrogen-bond donors (Lipinski definition) is 2. The molecule has 0 aliphatic heterocycles. The van der Waals surface area contributed by atoms with E-state index in [-0.39, 0.29) is 12.3 Å². The second-order valence-corrected chi connectivity index (χ2v) is 4.30. The van der Waals surface area contributed by atoms with E-state index >= 15 is 0 Å². The van der Waals surface area contributed by atoms with E-state index in [1.54, 1.807) is 18.2 Å². The first-order chi connectivity index (χ1) is 10.5. The van der Waals surface area contributed by atoms with Gasteiger partial charge in [-0.2, -0.15) is 8.78 Å². The number of rotatable bonds is 5. The van der Waals surface area contributed by atoms with E-state index in [0.717, 1.165) is 0 Å². The van der Waals surface area contributed by atoms with Gasteiger partial charge in [0.05, 0.1) is 0 Å². The van der Waals surface area contributed by atoms with Gasteiger partial charge in [-0.05, 0) is 30.3 Å². The predicted octanol–water partition coefficient (Wildman–Crippen LogP) is 3.75. The van der Waals surface area contributed by atoms with Crippen molar-refractivity contribution >= 4 is 11.7 Å². The van der Waals surface area contributed by atoms with E-state index in [0.29, 0.717) is 11.3 Å². The molecule has 2 aromatic carbocycles. The number of carbonyl (C=O) groups is 1. The molecule has 0 fully saturated rings. The Balaban J connectivity index is 1.92. The van der Waals surface area contributed by atoms with Crippen LogP contribution in [0.25, 0.3) is 0 Å². The molecule has 22 heavy (non-hydrogen) atoms. The van der Waals surface area contributed by atoms with E-state index in [1.165, 1.54) is 30.3 Å². The van der Waals surface area contributed by atoms with Gasteiger partial charge in [0.2, 0.25) is 0 Å². The van der Waals surface area contributed by atoms with Crippen LogP contribution in [0.1, 0.15) is 5.56 Å². The summed E-state index contributed by atoms with van der Waals surface area (Å²) in [4.78, 5) is 11.7. The maximum absolute atomic E-state index is 12.7. The minimum absolute atomic E-state index is 0.000387. The van der Waals surface area contributed by atoms with Gasteiger partial charge in [0.1, 0.15) is 11.6 Å². The summed E-state index contributed by atoms with van der Waals surface area (Å²) in [6, 6.07) is 10.8. The number of carbonyl (C=O) groups excluding carboxylic acids is 1. The van der Waals surface area contributed by atoms with Crippen molar-refractivity contribution in [2.45, 2.75) is 13.2 Å². The van der Waals surface area contributed by atoms with Crippen molar-refractivity contribution in [1.29, 1.82) is 0 Å². The highest BCUT2D eigenvalue weighted by Gasteiger charge is 2.10. The Kier molecular flexibility index (Phi) is 5.24. The van der Waals surface area contributed by atoms with Gasteiger partial charge in [-0.15, -0.1) is 0 Å². The lowest BCUT2D eigenvalue weighted by Crippen LogP contribution is -2.28. The number of amides is 2. The molecule has 0 aliphatic rings. The average Bonchev–Trinajstić information content (AvgIpc) is 2.48. The molecule has 0 saturated heterocycles. The number of para-hydroxylation sites is 1. The standard InChI is InChI=1S/C15H13F3N2O2/c16-11-5-7-12(8-6-11)20-15(21)19-9-10-3-1-2-4-13(10)22-14(17)18/h1-8,14H,9H2,(H2,19,20,21). The second-order valence-electron chi connectivity index (χ2n) is 4.30. The molecule has 0 spiro atoms. The minimum Gasteiger partial charge on any atom is -0.434 e. The average molecular weight is 310 g/mol. The summed E-state index contributed by atoms with van der Waals surface area (Å²) in [5, 5.41) is 5.00. The highest BCUT2D eigenvalue weighted by atomic mass is 19.3. The van der Waals surface area contributed by atoms with Crippen LogP contribution in [0.2, 0.25) is 0 Å². The predicted molar refractivity (Wildman–Crippen MR) is 75.3 cm³/mol. The van der Waals surface area contributed by atoms with E-state index in [2.05, 4.69) is 15.4 Å². The fraction of sp³-hybridized carbons (Fsp3) is 0.133. The fourth-order valence-corrected chi connectivity index (χ4v) is 1.74. The highest BCUT2D eigenvalue weighted by Crippen LogP contribution is 2.20. The Labute approximate surface area is 124 Å². The third kappa shape index (κ3) is 4.69. The van der Waals surface area contributed by atoms with Crippen molar-refractivity contribution < 1.29 is 22.7 Å². The summed E-state index contributed by atoms with van der Waals surface area (Å²) < 4.78 is 41.6. The van der Waals surface area contributed by atoms with Crippen molar-refractivity contribution in [3.8, 4) is 5.75 Å². The Morgan fingerprint density at radius 1 is 1.09 bits per heavy atom. The topological polar surface area (TPSA) is 50.4 Å². The van der Waals surface area contributed by atoms with Gasteiger partial charge in [-0.1, -0.05) is 18.2 Å². The van der Waals surface area contributed by atoms with Crippen molar-refractivity contribution in [2.24, 2.45) is 0 Å². The second kappa shape index (κ2) is 7.35. The van der Waals surface area contributed by atoms with Gasteiger partial charge in [0.15, 0.2) is 0 Å². The van der Waals surface area contributed by atoms with Crippen molar-refractivity contribution in [3.05, 3.63) is 59.9 Å². The lowest BCUT2D eigenvalue weighted by Gasteiger charge is -2.12. The zero-order chi connectivity index (χ0) is 15.9. The highest BCUT2D eigenvalue weighted by molar-refractivity contribution is 5.89. The van der Waals surface area contributed by atoms with E-state index in [9.17, 15) is 18.0 Å². The molecular formula is C15H13F3N2O2. The third-order valence-corrected chi connectivity index (χ3v) is 2.73. The third-order valence-electron chi connectivity index (χ3n) is 2.73. The summed E-state index contributed by atoms with van der Waals surface area (Å²) >= 11 is 0. The van der Waals surface area contributed by atoms with Crippen LogP contribution in [0, 0.1) is 5.82 Å². The first kappa shape index (κ1) is 15.7. The zero-order valence-corrected chi connectivity index (χ0v) is 11.4. The van der Waals surface area contributed by atoms with Crippen LogP contribution in [0.15, 0.2) is 48.5 Å². The van der Waals surface area contributed by atoms with E-state index in [1.807, 2.05) is 0 Å². The van der Waals surface area contributed by atoms with Crippen molar-refractivity contribution in [3.63, 3.8) is 0 Å². The lowest BCUT2D eigenvalue weighted by molar-refractivity contribution is -0.0504. The number of benzene rings is 2. The number of urea groups is 1. The molecule has 7 heteroatoms. The number of alkyl halides is 2. The number of halogens is 3. The van der Waals surface area contributed by atoms with Crippen LogP contribution in [-0.4, -0.2) is 12.6 Å². The number of anilines is 1. The van der Waals surface area contributed by atoms with Gasteiger partial charge in [0.25, 0.3) is 0 Å². The Bertz CT molecular complexity index is 633. The van der Waals surface area contributed by atoms with Gasteiger partial charge in [-0.25, -0.2) is 9.18 Å². The van der Waals surface area contributed by atoms with Crippen molar-refractivity contribution in [2.75, 3.05) is 5.32 Å². The lowest BCUT2D eigenvalue weighted by atomic mass is 10.2. The molecule has 0 saturated carbocycles. The summed E-state index contributed by atoms with van der Waals surface area (Å²) in [5.74, 6) is -0.413. The quantitative estimate of drug-likeness (QED) is 0.883. The van der Waals surface area contributed by atoms with Crippen LogP contribution in [0.5, 0.6) is 5.75 Å². The molecule has 0 unspecified atom stereocenters. The fourth-order valence-electron chi connectivity index (χ4n) is 1.74. The molecule has 0 aromatic heterocycles. The normalized spacial score (nSPS) is 10.4. The first-order valence-corrected chi connectivity index (χ1v) is 6.38.